The largest absolute Gasteiger partial charge is 0.302 e. The van der Waals surface area contributed by atoms with E-state index in [4.69, 9.17) is 0 Å². The molecule has 0 saturated carbocycles. The highest BCUT2D eigenvalue weighted by Crippen LogP contribution is 2.18. The molecule has 1 rings (SSSR count). The number of likely N-dealkylation sites (N-methyl/N-ethyl adjacent to an activating group) is 1. The Labute approximate surface area is 74.3 Å². The summed E-state index contributed by atoms with van der Waals surface area (Å²) in [5.41, 5.74) is 0. The average Bonchev–Trinajstić information content (AvgIpc) is 2.30. The first-order valence-electron chi connectivity index (χ1n) is 4.57. The molecule has 72 valence electrons. The lowest BCUT2D eigenvalue weighted by atomic mass is 10.2. The lowest BCUT2D eigenvalue weighted by Crippen LogP contribution is -2.36. The van der Waals surface area contributed by atoms with Gasteiger partial charge in [0.15, 0.2) is 0 Å². The SMILES string of the molecule is CC(C)N1C[C@@H](F)[C@@H](N(C)C)C1. The highest BCUT2D eigenvalue weighted by atomic mass is 19.1. The summed E-state index contributed by atoms with van der Waals surface area (Å²) in [5, 5.41) is 0. The van der Waals surface area contributed by atoms with Crippen LogP contribution in [0.4, 0.5) is 4.39 Å². The fourth-order valence-corrected chi connectivity index (χ4v) is 1.68. The number of hydrogen-bond donors (Lipinski definition) is 0. The van der Waals surface area contributed by atoms with E-state index in [1.807, 2.05) is 19.0 Å². The molecule has 1 aliphatic heterocycles. The summed E-state index contributed by atoms with van der Waals surface area (Å²) in [6, 6.07) is 0.556. The van der Waals surface area contributed by atoms with Crippen LogP contribution in [0.2, 0.25) is 0 Å². The third-order valence-corrected chi connectivity index (χ3v) is 2.64. The van der Waals surface area contributed by atoms with Gasteiger partial charge in [0.05, 0.1) is 6.04 Å². The van der Waals surface area contributed by atoms with Crippen LogP contribution in [0, 0.1) is 0 Å². The van der Waals surface area contributed by atoms with Crippen molar-refractivity contribution in [1.82, 2.24) is 9.80 Å². The van der Waals surface area contributed by atoms with E-state index in [0.717, 1.165) is 6.54 Å². The fourth-order valence-electron chi connectivity index (χ4n) is 1.68. The predicted molar refractivity (Wildman–Crippen MR) is 49.1 cm³/mol. The van der Waals surface area contributed by atoms with E-state index in [2.05, 4.69) is 18.7 Å². The number of nitrogens with zero attached hydrogens (tertiary/aromatic N) is 2. The maximum absolute atomic E-state index is 13.4. The number of rotatable bonds is 2. The molecule has 0 aromatic heterocycles. The molecule has 0 N–H and O–H groups in total. The zero-order valence-corrected chi connectivity index (χ0v) is 8.42. The Morgan fingerprint density at radius 3 is 2.17 bits per heavy atom. The van der Waals surface area contributed by atoms with Gasteiger partial charge in [-0.05, 0) is 27.9 Å². The Morgan fingerprint density at radius 2 is 1.92 bits per heavy atom. The summed E-state index contributed by atoms with van der Waals surface area (Å²) in [5.74, 6) is 0. The molecule has 0 amide bonds. The second kappa shape index (κ2) is 3.71. The van der Waals surface area contributed by atoms with E-state index in [0.29, 0.717) is 12.6 Å². The quantitative estimate of drug-likeness (QED) is 0.615. The molecule has 0 unspecified atom stereocenters. The Bertz CT molecular complexity index is 147. The minimum Gasteiger partial charge on any atom is -0.302 e. The zero-order valence-electron chi connectivity index (χ0n) is 8.42. The van der Waals surface area contributed by atoms with Gasteiger partial charge in [-0.15, -0.1) is 0 Å². The standard InChI is InChI=1S/C9H19FN2/c1-7(2)12-5-8(10)9(6-12)11(3)4/h7-9H,5-6H2,1-4H3/t8-,9+/m1/s1. The molecule has 2 nitrogen and oxygen atoms in total. The van der Waals surface area contributed by atoms with E-state index < -0.39 is 6.17 Å². The van der Waals surface area contributed by atoms with Gasteiger partial charge in [-0.25, -0.2) is 4.39 Å². The second-order valence-corrected chi connectivity index (χ2v) is 4.09. The van der Waals surface area contributed by atoms with Gasteiger partial charge in [0.1, 0.15) is 6.17 Å². The first kappa shape index (κ1) is 9.93. The van der Waals surface area contributed by atoms with Gasteiger partial charge in [-0.1, -0.05) is 0 Å². The molecule has 3 heteroatoms. The molecule has 0 bridgehead atoms. The van der Waals surface area contributed by atoms with Crippen LogP contribution >= 0.6 is 0 Å². The van der Waals surface area contributed by atoms with Crippen molar-refractivity contribution in [2.75, 3.05) is 27.2 Å². The van der Waals surface area contributed by atoms with Gasteiger partial charge in [0.25, 0.3) is 0 Å². The van der Waals surface area contributed by atoms with Gasteiger partial charge in [0.2, 0.25) is 0 Å². The Kier molecular flexibility index (Phi) is 3.07. The van der Waals surface area contributed by atoms with Crippen molar-refractivity contribution in [3.8, 4) is 0 Å². The number of halogens is 1. The lowest BCUT2D eigenvalue weighted by molar-refractivity contribution is 0.202. The first-order valence-corrected chi connectivity index (χ1v) is 4.57. The van der Waals surface area contributed by atoms with Gasteiger partial charge in [0, 0.05) is 19.1 Å². The Balaban J connectivity index is 2.50. The summed E-state index contributed by atoms with van der Waals surface area (Å²) < 4.78 is 13.4. The van der Waals surface area contributed by atoms with Gasteiger partial charge >= 0.3 is 0 Å². The molecular weight excluding hydrogens is 155 g/mol. The number of likely N-dealkylation sites (tertiary alicyclic amines) is 1. The smallest absolute Gasteiger partial charge is 0.129 e. The summed E-state index contributed by atoms with van der Waals surface area (Å²) in [6.07, 6.45) is -0.678. The van der Waals surface area contributed by atoms with E-state index in [1.165, 1.54) is 0 Å². The van der Waals surface area contributed by atoms with Crippen LogP contribution in [0.3, 0.4) is 0 Å². The molecule has 12 heavy (non-hydrogen) atoms. The van der Waals surface area contributed by atoms with Crippen molar-refractivity contribution in [3.05, 3.63) is 0 Å². The maximum Gasteiger partial charge on any atom is 0.129 e. The lowest BCUT2D eigenvalue weighted by Gasteiger charge is -2.22. The average molecular weight is 174 g/mol. The Morgan fingerprint density at radius 1 is 1.33 bits per heavy atom. The molecule has 2 atom stereocenters. The van der Waals surface area contributed by atoms with Crippen LogP contribution < -0.4 is 0 Å². The van der Waals surface area contributed by atoms with Crippen molar-refractivity contribution in [3.63, 3.8) is 0 Å². The van der Waals surface area contributed by atoms with E-state index in [-0.39, 0.29) is 6.04 Å². The molecule has 1 heterocycles. The molecule has 1 saturated heterocycles. The van der Waals surface area contributed by atoms with E-state index >= 15 is 0 Å². The minimum atomic E-state index is -0.678. The summed E-state index contributed by atoms with van der Waals surface area (Å²) in [7, 11) is 3.89. The van der Waals surface area contributed by atoms with Crippen molar-refractivity contribution in [2.45, 2.75) is 32.1 Å². The molecule has 0 aromatic carbocycles. The zero-order chi connectivity index (χ0) is 9.30. The Hall–Kier alpha value is -0.150. The van der Waals surface area contributed by atoms with Gasteiger partial charge in [-0.3, -0.25) is 4.90 Å². The third kappa shape index (κ3) is 1.96. The second-order valence-electron chi connectivity index (χ2n) is 4.09. The van der Waals surface area contributed by atoms with Crippen molar-refractivity contribution < 1.29 is 4.39 Å². The highest BCUT2D eigenvalue weighted by Gasteiger charge is 2.34. The minimum absolute atomic E-state index is 0.0902. The molecule has 0 aliphatic carbocycles. The molecule has 0 spiro atoms. The first-order chi connectivity index (χ1) is 5.52. The molecule has 0 radical (unpaired) electrons. The van der Waals surface area contributed by atoms with Gasteiger partial charge < -0.3 is 4.90 Å². The van der Waals surface area contributed by atoms with Crippen LogP contribution in [-0.4, -0.2) is 55.2 Å². The van der Waals surface area contributed by atoms with Crippen LogP contribution in [0.15, 0.2) is 0 Å². The molecule has 0 aromatic rings. The maximum atomic E-state index is 13.4. The predicted octanol–water partition coefficient (Wildman–Crippen LogP) is 0.979. The third-order valence-electron chi connectivity index (χ3n) is 2.64. The van der Waals surface area contributed by atoms with Crippen molar-refractivity contribution in [1.29, 1.82) is 0 Å². The van der Waals surface area contributed by atoms with Crippen LogP contribution in [0.1, 0.15) is 13.8 Å². The molecule has 1 fully saturated rings. The number of alkyl halides is 1. The molecular formula is C9H19FN2. The van der Waals surface area contributed by atoms with Crippen LogP contribution in [0.25, 0.3) is 0 Å². The van der Waals surface area contributed by atoms with E-state index in [1.54, 1.807) is 0 Å². The normalized spacial score (nSPS) is 32.2. The highest BCUT2D eigenvalue weighted by molar-refractivity contribution is 4.90. The monoisotopic (exact) mass is 174 g/mol. The summed E-state index contributed by atoms with van der Waals surface area (Å²) in [4.78, 5) is 4.17. The van der Waals surface area contributed by atoms with Crippen molar-refractivity contribution >= 4 is 0 Å². The summed E-state index contributed by atoms with van der Waals surface area (Å²) in [6.45, 7) is 5.70. The van der Waals surface area contributed by atoms with E-state index in [9.17, 15) is 4.39 Å². The topological polar surface area (TPSA) is 6.48 Å². The van der Waals surface area contributed by atoms with Crippen molar-refractivity contribution in [2.24, 2.45) is 0 Å². The van der Waals surface area contributed by atoms with Gasteiger partial charge in [-0.2, -0.15) is 0 Å². The summed E-state index contributed by atoms with van der Waals surface area (Å²) >= 11 is 0. The van der Waals surface area contributed by atoms with Crippen LogP contribution in [0.5, 0.6) is 0 Å². The van der Waals surface area contributed by atoms with Crippen LogP contribution in [-0.2, 0) is 0 Å². The molecule has 1 aliphatic rings. The number of hydrogen-bond acceptors (Lipinski definition) is 2. The fraction of sp³-hybridized carbons (Fsp3) is 1.00.